The largest absolute Gasteiger partial charge is 0.486 e. The highest BCUT2D eigenvalue weighted by Crippen LogP contribution is 2.39. The minimum absolute atomic E-state index is 0.0898. The molecule has 8 heteroatoms. The molecule has 1 aromatic rings. The summed E-state index contributed by atoms with van der Waals surface area (Å²) >= 11 is 6.08. The van der Waals surface area contributed by atoms with Crippen molar-refractivity contribution in [2.24, 2.45) is 5.92 Å². The Morgan fingerprint density at radius 2 is 1.96 bits per heavy atom. The van der Waals surface area contributed by atoms with Gasteiger partial charge in [0.15, 0.2) is 11.5 Å². The Kier molecular flexibility index (Phi) is 4.80. The second-order valence-electron chi connectivity index (χ2n) is 6.06. The van der Waals surface area contributed by atoms with Crippen molar-refractivity contribution >= 4 is 17.5 Å². The van der Waals surface area contributed by atoms with Gasteiger partial charge in [-0.3, -0.25) is 4.79 Å². The third-order valence-corrected chi connectivity index (χ3v) is 4.61. The van der Waals surface area contributed by atoms with Crippen LogP contribution in [0.25, 0.3) is 0 Å². The number of hydrogen-bond acceptors (Lipinski definition) is 3. The summed E-state index contributed by atoms with van der Waals surface area (Å²) in [6.45, 7) is 0.726. The van der Waals surface area contributed by atoms with Crippen LogP contribution in [-0.4, -0.2) is 31.3 Å². The van der Waals surface area contributed by atoms with E-state index in [9.17, 15) is 18.0 Å². The van der Waals surface area contributed by atoms with E-state index in [1.807, 2.05) is 0 Å². The summed E-state index contributed by atoms with van der Waals surface area (Å²) in [5, 5.41) is 2.92. The number of carbonyl (C=O) groups excluding carboxylic acids is 1. The summed E-state index contributed by atoms with van der Waals surface area (Å²) in [6, 6.07) is 2.44. The van der Waals surface area contributed by atoms with Gasteiger partial charge in [0.25, 0.3) is 5.91 Å². The van der Waals surface area contributed by atoms with Gasteiger partial charge < -0.3 is 14.8 Å². The lowest BCUT2D eigenvalue weighted by molar-refractivity contribution is -0.183. The number of amides is 1. The van der Waals surface area contributed by atoms with Crippen LogP contribution in [-0.2, 0) is 0 Å². The smallest absolute Gasteiger partial charge is 0.391 e. The molecule has 1 aromatic carbocycles. The van der Waals surface area contributed by atoms with Gasteiger partial charge in [-0.2, -0.15) is 13.2 Å². The molecule has 0 spiro atoms. The number of carbonyl (C=O) groups is 1. The number of fused-ring (bicyclic) bond motifs is 1. The van der Waals surface area contributed by atoms with Crippen LogP contribution in [0.5, 0.6) is 11.5 Å². The predicted octanol–water partition coefficient (Wildman–Crippen LogP) is 3.96. The maximum absolute atomic E-state index is 12.9. The molecule has 0 saturated heterocycles. The van der Waals surface area contributed by atoms with Gasteiger partial charge in [-0.25, -0.2) is 0 Å². The summed E-state index contributed by atoms with van der Waals surface area (Å²) in [5.41, 5.74) is 0.249. The van der Waals surface area contributed by atoms with Crippen LogP contribution in [0, 0.1) is 5.92 Å². The number of nitrogens with one attached hydrogen (secondary N) is 1. The SMILES string of the molecule is O=C(N[C@H]1CCC[C@H](C(F)(F)F)C1)c1cc(Cl)c2c(c1)OCCO2. The van der Waals surface area contributed by atoms with Crippen LogP contribution < -0.4 is 14.8 Å². The molecule has 1 fully saturated rings. The van der Waals surface area contributed by atoms with E-state index < -0.39 is 24.0 Å². The van der Waals surface area contributed by atoms with E-state index in [1.54, 1.807) is 0 Å². The lowest BCUT2D eigenvalue weighted by Gasteiger charge is -2.31. The minimum Gasteiger partial charge on any atom is -0.486 e. The maximum Gasteiger partial charge on any atom is 0.391 e. The lowest BCUT2D eigenvalue weighted by Crippen LogP contribution is -2.41. The molecule has 1 N–H and O–H groups in total. The van der Waals surface area contributed by atoms with Gasteiger partial charge in [-0.15, -0.1) is 0 Å². The molecule has 132 valence electrons. The van der Waals surface area contributed by atoms with Crippen LogP contribution in [0.4, 0.5) is 13.2 Å². The van der Waals surface area contributed by atoms with E-state index in [-0.39, 0.29) is 23.4 Å². The predicted molar refractivity (Wildman–Crippen MR) is 81.7 cm³/mol. The molecule has 1 heterocycles. The molecule has 0 aromatic heterocycles. The van der Waals surface area contributed by atoms with Crippen molar-refractivity contribution < 1.29 is 27.4 Å². The molecule has 1 saturated carbocycles. The van der Waals surface area contributed by atoms with Crippen molar-refractivity contribution in [3.8, 4) is 11.5 Å². The summed E-state index contributed by atoms with van der Waals surface area (Å²) in [6.07, 6.45) is -3.21. The van der Waals surface area contributed by atoms with E-state index in [0.29, 0.717) is 37.6 Å². The second kappa shape index (κ2) is 6.70. The van der Waals surface area contributed by atoms with Crippen LogP contribution >= 0.6 is 11.6 Å². The monoisotopic (exact) mass is 363 g/mol. The number of benzene rings is 1. The van der Waals surface area contributed by atoms with Gasteiger partial charge in [0, 0.05) is 11.6 Å². The Bertz CT molecular complexity index is 636. The van der Waals surface area contributed by atoms with E-state index in [2.05, 4.69) is 5.32 Å². The van der Waals surface area contributed by atoms with Crippen LogP contribution in [0.15, 0.2) is 12.1 Å². The highest BCUT2D eigenvalue weighted by Gasteiger charge is 2.42. The van der Waals surface area contributed by atoms with Gasteiger partial charge in [0.2, 0.25) is 0 Å². The summed E-state index contributed by atoms with van der Waals surface area (Å²) in [5.74, 6) is -1.06. The van der Waals surface area contributed by atoms with Crippen molar-refractivity contribution in [3.63, 3.8) is 0 Å². The zero-order chi connectivity index (χ0) is 17.3. The zero-order valence-electron chi connectivity index (χ0n) is 12.8. The number of alkyl halides is 3. The Balaban J connectivity index is 1.70. The third kappa shape index (κ3) is 3.71. The Morgan fingerprint density at radius 3 is 2.71 bits per heavy atom. The Morgan fingerprint density at radius 1 is 1.21 bits per heavy atom. The lowest BCUT2D eigenvalue weighted by atomic mass is 9.85. The van der Waals surface area contributed by atoms with Gasteiger partial charge in [-0.05, 0) is 31.4 Å². The number of hydrogen-bond donors (Lipinski definition) is 1. The quantitative estimate of drug-likeness (QED) is 0.865. The molecule has 0 radical (unpaired) electrons. The van der Waals surface area contributed by atoms with E-state index >= 15 is 0 Å². The van der Waals surface area contributed by atoms with Gasteiger partial charge in [0.05, 0.1) is 10.9 Å². The fourth-order valence-corrected chi connectivity index (χ4v) is 3.39. The molecule has 1 amide bonds. The van der Waals surface area contributed by atoms with E-state index in [0.717, 1.165) is 0 Å². The van der Waals surface area contributed by atoms with Gasteiger partial charge in [0.1, 0.15) is 13.2 Å². The van der Waals surface area contributed by atoms with Crippen LogP contribution in [0.1, 0.15) is 36.0 Å². The summed E-state index contributed by atoms with van der Waals surface area (Å²) < 4.78 is 49.4. The fourth-order valence-electron chi connectivity index (χ4n) is 3.13. The van der Waals surface area contributed by atoms with Crippen molar-refractivity contribution in [2.45, 2.75) is 37.9 Å². The average molecular weight is 364 g/mol. The third-order valence-electron chi connectivity index (χ3n) is 4.33. The summed E-state index contributed by atoms with van der Waals surface area (Å²) in [7, 11) is 0. The normalized spacial score (nSPS) is 23.7. The summed E-state index contributed by atoms with van der Waals surface area (Å²) in [4.78, 5) is 12.4. The number of ether oxygens (including phenoxy) is 2. The molecule has 2 aliphatic rings. The highest BCUT2D eigenvalue weighted by atomic mass is 35.5. The first-order valence-electron chi connectivity index (χ1n) is 7.81. The molecule has 2 atom stereocenters. The molecular formula is C16H17ClF3NO3. The first-order valence-corrected chi connectivity index (χ1v) is 8.19. The molecule has 0 unspecified atom stereocenters. The molecule has 1 aliphatic carbocycles. The Hall–Kier alpha value is -1.63. The van der Waals surface area contributed by atoms with Crippen LogP contribution in [0.2, 0.25) is 5.02 Å². The molecule has 1 aliphatic heterocycles. The average Bonchev–Trinajstić information content (AvgIpc) is 2.54. The molecule has 0 bridgehead atoms. The minimum atomic E-state index is -4.22. The molecule has 3 rings (SSSR count). The fraction of sp³-hybridized carbons (Fsp3) is 0.562. The number of rotatable bonds is 2. The van der Waals surface area contributed by atoms with E-state index in [4.69, 9.17) is 21.1 Å². The van der Waals surface area contributed by atoms with Crippen LogP contribution in [0.3, 0.4) is 0 Å². The standard InChI is InChI=1S/C16H17ClF3NO3/c17-12-6-9(7-13-14(12)24-5-4-23-13)15(22)21-11-3-1-2-10(8-11)16(18,19)20/h6-7,10-11H,1-5,8H2,(H,21,22)/t10-,11-/m0/s1. The topological polar surface area (TPSA) is 47.6 Å². The van der Waals surface area contributed by atoms with Gasteiger partial charge >= 0.3 is 6.18 Å². The molecule has 24 heavy (non-hydrogen) atoms. The van der Waals surface area contributed by atoms with Crippen molar-refractivity contribution in [3.05, 3.63) is 22.7 Å². The number of halogens is 4. The van der Waals surface area contributed by atoms with Crippen molar-refractivity contribution in [2.75, 3.05) is 13.2 Å². The zero-order valence-corrected chi connectivity index (χ0v) is 13.5. The Labute approximate surface area is 142 Å². The first kappa shape index (κ1) is 17.2. The molecule has 4 nitrogen and oxygen atoms in total. The van der Waals surface area contributed by atoms with Gasteiger partial charge in [-0.1, -0.05) is 18.0 Å². The first-order chi connectivity index (χ1) is 11.3. The van der Waals surface area contributed by atoms with Crippen molar-refractivity contribution in [1.29, 1.82) is 0 Å². The second-order valence-corrected chi connectivity index (χ2v) is 6.46. The van der Waals surface area contributed by atoms with E-state index in [1.165, 1.54) is 12.1 Å². The maximum atomic E-state index is 12.9. The molecular weight excluding hydrogens is 347 g/mol. The highest BCUT2D eigenvalue weighted by molar-refractivity contribution is 6.32. The van der Waals surface area contributed by atoms with Crippen molar-refractivity contribution in [1.82, 2.24) is 5.32 Å².